The van der Waals surface area contributed by atoms with Crippen LogP contribution in [0.5, 0.6) is 0 Å². The van der Waals surface area contributed by atoms with Crippen LogP contribution in [0.4, 0.5) is 5.69 Å². The Morgan fingerprint density at radius 1 is 1.08 bits per heavy atom. The molecular formula is C28H32N4O4S. The first kappa shape index (κ1) is 23.3. The first-order valence-corrected chi connectivity index (χ1v) is 14.4. The van der Waals surface area contributed by atoms with Gasteiger partial charge in [0.25, 0.3) is 5.91 Å². The van der Waals surface area contributed by atoms with Crippen molar-refractivity contribution in [2.24, 2.45) is 23.7 Å². The Balaban J connectivity index is 0.973. The van der Waals surface area contributed by atoms with Crippen molar-refractivity contribution < 1.29 is 19.1 Å². The third-order valence-electron chi connectivity index (χ3n) is 9.18. The van der Waals surface area contributed by atoms with Crippen LogP contribution >= 0.6 is 11.3 Å². The molecule has 4 saturated carbocycles. The van der Waals surface area contributed by atoms with Crippen molar-refractivity contribution in [1.82, 2.24) is 15.2 Å². The van der Waals surface area contributed by atoms with Gasteiger partial charge in [0.15, 0.2) is 0 Å². The van der Waals surface area contributed by atoms with Gasteiger partial charge >= 0.3 is 0 Å². The zero-order valence-corrected chi connectivity index (χ0v) is 21.6. The lowest BCUT2D eigenvalue weighted by molar-refractivity contribution is -0.136. The highest BCUT2D eigenvalue weighted by Gasteiger charge is 2.48. The van der Waals surface area contributed by atoms with Crippen LogP contribution in [0.25, 0.3) is 0 Å². The molecule has 9 heteroatoms. The molecule has 2 aliphatic heterocycles. The van der Waals surface area contributed by atoms with E-state index in [1.165, 1.54) is 32.1 Å². The van der Waals surface area contributed by atoms with Crippen molar-refractivity contribution >= 4 is 34.7 Å². The number of ether oxygens (including phenoxy) is 1. The van der Waals surface area contributed by atoms with Crippen LogP contribution in [-0.2, 0) is 34.0 Å². The molecule has 2 N–H and O–H groups in total. The topological polar surface area (TPSA) is 101 Å². The number of carbonyl (C=O) groups excluding carboxylic acids is 3. The summed E-state index contributed by atoms with van der Waals surface area (Å²) < 4.78 is 6.47. The molecule has 1 aromatic carbocycles. The summed E-state index contributed by atoms with van der Waals surface area (Å²) in [5, 5.41) is 8.89. The number of benzene rings is 1. The van der Waals surface area contributed by atoms with Crippen molar-refractivity contribution in [2.45, 2.75) is 76.8 Å². The number of rotatable bonds is 7. The molecule has 0 radical (unpaired) electrons. The number of hydrogen-bond acceptors (Lipinski definition) is 7. The summed E-state index contributed by atoms with van der Waals surface area (Å²) in [4.78, 5) is 43.3. The summed E-state index contributed by atoms with van der Waals surface area (Å²) in [5.74, 6) is 2.57. The number of amides is 3. The number of thiazole rings is 1. The van der Waals surface area contributed by atoms with E-state index in [0.717, 1.165) is 45.6 Å². The average molecular weight is 521 g/mol. The molecule has 3 heterocycles. The highest BCUT2D eigenvalue weighted by molar-refractivity contribution is 7.09. The molecule has 8 rings (SSSR count). The maximum atomic E-state index is 13.1. The standard InChI is InChI=1S/C28H32N4O4S/c33-24-5-4-23(27(34)31-24)32-12-21-20(28(32)35)2-1-3-22(21)29-11-25-30-19(14-37-25)13-36-26-17-7-15-6-16(9-17)10-18(26)8-15/h1-3,14-18,23,26,29H,4-13H2,(H,31,33,34). The second kappa shape index (κ2) is 9.20. The van der Waals surface area contributed by atoms with E-state index in [-0.39, 0.29) is 18.2 Å². The van der Waals surface area contributed by atoms with E-state index in [4.69, 9.17) is 9.72 Å². The molecule has 6 aliphatic rings. The fraction of sp³-hybridized carbons (Fsp3) is 0.571. The number of piperidine rings is 1. The van der Waals surface area contributed by atoms with Crippen LogP contribution in [0.1, 0.15) is 71.6 Å². The van der Waals surface area contributed by atoms with Crippen molar-refractivity contribution in [2.75, 3.05) is 5.32 Å². The van der Waals surface area contributed by atoms with Gasteiger partial charge in [-0.25, -0.2) is 4.98 Å². The molecule has 1 saturated heterocycles. The van der Waals surface area contributed by atoms with E-state index >= 15 is 0 Å². The minimum absolute atomic E-state index is 0.161. The molecule has 194 valence electrons. The van der Waals surface area contributed by atoms with Gasteiger partial charge < -0.3 is 15.0 Å². The van der Waals surface area contributed by atoms with Gasteiger partial charge in [0.1, 0.15) is 11.0 Å². The SMILES string of the molecule is O=C1CCC(N2Cc3c(NCc4nc(COC5C6CC7CC(C6)CC5C7)cs4)cccc3C2=O)C(=O)N1. The first-order valence-electron chi connectivity index (χ1n) is 13.6. The molecule has 1 aromatic heterocycles. The first-order chi connectivity index (χ1) is 18.0. The van der Waals surface area contributed by atoms with Crippen LogP contribution < -0.4 is 10.6 Å². The maximum absolute atomic E-state index is 13.1. The Hall–Kier alpha value is -2.78. The summed E-state index contributed by atoms with van der Waals surface area (Å²) in [6.45, 7) is 1.50. The molecule has 4 aliphatic carbocycles. The highest BCUT2D eigenvalue weighted by atomic mass is 32.1. The van der Waals surface area contributed by atoms with E-state index < -0.39 is 11.9 Å². The quantitative estimate of drug-likeness (QED) is 0.538. The molecule has 2 aromatic rings. The van der Waals surface area contributed by atoms with Gasteiger partial charge in [-0.05, 0) is 74.3 Å². The van der Waals surface area contributed by atoms with Gasteiger partial charge in [0.2, 0.25) is 11.8 Å². The second-order valence-electron chi connectivity index (χ2n) is 11.5. The lowest BCUT2D eigenvalue weighted by atomic mass is 9.55. The number of fused-ring (bicyclic) bond motifs is 1. The van der Waals surface area contributed by atoms with Crippen molar-refractivity contribution in [3.63, 3.8) is 0 Å². The summed E-state index contributed by atoms with van der Waals surface area (Å²) in [6, 6.07) is 5.02. The van der Waals surface area contributed by atoms with Gasteiger partial charge in [-0.1, -0.05) is 6.07 Å². The van der Waals surface area contributed by atoms with Gasteiger partial charge in [0.05, 0.1) is 24.9 Å². The number of aromatic nitrogens is 1. The monoisotopic (exact) mass is 520 g/mol. The van der Waals surface area contributed by atoms with Crippen molar-refractivity contribution in [3.05, 3.63) is 45.4 Å². The lowest BCUT2D eigenvalue weighted by Gasteiger charge is -2.53. The normalized spacial score (nSPS) is 32.1. The van der Waals surface area contributed by atoms with E-state index in [2.05, 4.69) is 16.0 Å². The minimum atomic E-state index is -0.610. The highest BCUT2D eigenvalue weighted by Crippen LogP contribution is 2.54. The predicted molar refractivity (Wildman–Crippen MR) is 138 cm³/mol. The molecule has 37 heavy (non-hydrogen) atoms. The van der Waals surface area contributed by atoms with E-state index in [1.54, 1.807) is 22.3 Å². The number of nitrogens with zero attached hydrogens (tertiary/aromatic N) is 2. The number of imide groups is 1. The third kappa shape index (κ3) is 4.26. The predicted octanol–water partition coefficient (Wildman–Crippen LogP) is 3.86. The van der Waals surface area contributed by atoms with E-state index in [9.17, 15) is 14.4 Å². The smallest absolute Gasteiger partial charge is 0.255 e. The Morgan fingerprint density at radius 2 is 1.86 bits per heavy atom. The van der Waals surface area contributed by atoms with Crippen LogP contribution in [0, 0.1) is 23.7 Å². The number of carbonyl (C=O) groups is 3. The Labute approximate surface area is 220 Å². The van der Waals surface area contributed by atoms with Gasteiger partial charge in [-0.2, -0.15) is 0 Å². The number of hydrogen-bond donors (Lipinski definition) is 2. The van der Waals surface area contributed by atoms with E-state index in [0.29, 0.717) is 37.8 Å². The third-order valence-corrected chi connectivity index (χ3v) is 10.1. The fourth-order valence-corrected chi connectivity index (χ4v) is 8.47. The molecule has 4 bridgehead atoms. The van der Waals surface area contributed by atoms with E-state index in [1.807, 2.05) is 12.1 Å². The molecule has 1 atom stereocenters. The summed E-state index contributed by atoms with van der Waals surface area (Å²) in [7, 11) is 0. The summed E-state index contributed by atoms with van der Waals surface area (Å²) in [6.07, 6.45) is 7.90. The molecule has 0 spiro atoms. The van der Waals surface area contributed by atoms with Gasteiger partial charge in [-0.3, -0.25) is 19.7 Å². The summed E-state index contributed by atoms with van der Waals surface area (Å²) in [5.41, 5.74) is 3.37. The van der Waals surface area contributed by atoms with Gasteiger partial charge in [0, 0.05) is 35.2 Å². The van der Waals surface area contributed by atoms with Crippen molar-refractivity contribution in [1.29, 1.82) is 0 Å². The number of nitrogens with one attached hydrogen (secondary N) is 2. The molecule has 3 amide bonds. The molecular weight excluding hydrogens is 488 g/mol. The average Bonchev–Trinajstić information content (AvgIpc) is 3.46. The van der Waals surface area contributed by atoms with Gasteiger partial charge in [-0.15, -0.1) is 11.3 Å². The summed E-state index contributed by atoms with van der Waals surface area (Å²) >= 11 is 1.63. The molecule has 8 nitrogen and oxygen atoms in total. The molecule has 1 unspecified atom stereocenters. The van der Waals surface area contributed by atoms with Crippen LogP contribution in [0.15, 0.2) is 23.6 Å². The minimum Gasteiger partial charge on any atom is -0.378 e. The van der Waals surface area contributed by atoms with Crippen LogP contribution in [0.3, 0.4) is 0 Å². The fourth-order valence-electron chi connectivity index (χ4n) is 7.75. The lowest BCUT2D eigenvalue weighted by Crippen LogP contribution is -2.52. The zero-order valence-electron chi connectivity index (χ0n) is 20.8. The zero-order chi connectivity index (χ0) is 25.1. The maximum Gasteiger partial charge on any atom is 0.255 e. The Morgan fingerprint density at radius 3 is 2.62 bits per heavy atom. The Kier molecular flexibility index (Phi) is 5.81. The second-order valence-corrected chi connectivity index (χ2v) is 12.5. The largest absolute Gasteiger partial charge is 0.378 e. The van der Waals surface area contributed by atoms with Crippen LogP contribution in [-0.4, -0.2) is 39.8 Å². The Bertz CT molecular complexity index is 1230. The number of anilines is 1. The van der Waals surface area contributed by atoms with Crippen molar-refractivity contribution in [3.8, 4) is 0 Å². The molecule has 5 fully saturated rings. The van der Waals surface area contributed by atoms with Crippen LogP contribution in [0.2, 0.25) is 0 Å².